The summed E-state index contributed by atoms with van der Waals surface area (Å²) in [5, 5.41) is 21.4. The predicted octanol–water partition coefficient (Wildman–Crippen LogP) is 7.94. The Labute approximate surface area is 463 Å². The molecule has 19 nitrogen and oxygen atoms in total. The largest absolute Gasteiger partial charge is 0.417 e. The second-order valence-corrected chi connectivity index (χ2v) is 17.4. The number of nitrogens with one attached hydrogen (secondary N) is 3. The number of pyridine rings is 1. The Balaban J connectivity index is 0.000000199. The van der Waals surface area contributed by atoms with E-state index < -0.39 is 47.3 Å². The molecule has 0 bridgehead atoms. The zero-order chi connectivity index (χ0) is 59.6. The zero-order valence-electron chi connectivity index (χ0n) is 44.1. The minimum absolute atomic E-state index is 0.0217. The average Bonchev–Trinajstić information content (AvgIpc) is 3.53. The van der Waals surface area contributed by atoms with Gasteiger partial charge in [0.15, 0.2) is 28.8 Å². The highest BCUT2D eigenvalue weighted by molar-refractivity contribution is 6.05. The summed E-state index contributed by atoms with van der Waals surface area (Å²) >= 11 is 0. The van der Waals surface area contributed by atoms with Crippen molar-refractivity contribution in [2.45, 2.75) is 65.5 Å². The smallest absolute Gasteiger partial charge is 0.382 e. The number of terminal acetylenes is 1. The Morgan fingerprint density at radius 3 is 1.79 bits per heavy atom. The first kappa shape index (κ1) is 61.7. The number of aryl methyl sites for hydroxylation is 3. The summed E-state index contributed by atoms with van der Waals surface area (Å²) in [6, 6.07) is 27.3. The Kier molecular flexibility index (Phi) is 21.7. The minimum Gasteiger partial charge on any atom is -0.382 e. The van der Waals surface area contributed by atoms with Gasteiger partial charge in [0, 0.05) is 36.1 Å². The number of rotatable bonds is 12. The average molecular weight is 1110 g/mol. The van der Waals surface area contributed by atoms with Crippen LogP contribution < -0.4 is 45.0 Å². The van der Waals surface area contributed by atoms with Crippen LogP contribution in [0.2, 0.25) is 0 Å². The third kappa shape index (κ3) is 17.2. The van der Waals surface area contributed by atoms with Crippen LogP contribution >= 0.6 is 0 Å². The molecule has 4 heterocycles. The fourth-order valence-corrected chi connectivity index (χ4v) is 7.01. The standard InChI is InChI=1S/C16H15F3N2O.C15H12F2N4O.C14H15N5.C12H14N6/c1-3-11-4-6-13(7-5-11)21-15(22)14-8-12(16(17,18)19)9-20-10(14)2;1-8(10-3-4-12(16)13(17)5-10)20-15(22)14-9(2)19-7-11(6-18)21-14;1-2-11(16)13-14(17)18-8-12(19-13)10-5-3-9(7-15)4-6-10;13-5-7-1-3-8(4-2-7)9-6-17-12(16)10(18-9)11(14)15/h4-9H,3H2,1-2H3,(H,21,22);3-5,7-8H,1-2H3,(H,20,22);1,3-6,8,11H,7,15-16H2,(H2,17,18);1-4,6H,5,13H2,(H3,14,15)(H2,16,17). The molecule has 0 fully saturated rings. The molecule has 0 aliphatic carbocycles. The van der Waals surface area contributed by atoms with Crippen molar-refractivity contribution in [3.05, 3.63) is 201 Å². The number of aromatic nitrogens is 7. The van der Waals surface area contributed by atoms with Gasteiger partial charge in [-0.25, -0.2) is 33.7 Å². The number of nitrogens with zero attached hydrogens (tertiary/aromatic N) is 8. The molecule has 0 aliphatic rings. The van der Waals surface area contributed by atoms with Gasteiger partial charge in [0.1, 0.15) is 35.2 Å². The number of nitrogen functional groups attached to an aromatic ring is 3. The number of carbonyl (C=O) groups is 2. The molecule has 2 amide bonds. The van der Waals surface area contributed by atoms with Crippen molar-refractivity contribution in [1.82, 2.24) is 40.2 Å². The highest BCUT2D eigenvalue weighted by Gasteiger charge is 2.32. The van der Waals surface area contributed by atoms with E-state index in [9.17, 15) is 31.5 Å². The maximum Gasteiger partial charge on any atom is 0.417 e. The van der Waals surface area contributed by atoms with Crippen LogP contribution in [-0.2, 0) is 25.7 Å². The second-order valence-electron chi connectivity index (χ2n) is 17.4. The number of amides is 2. The van der Waals surface area contributed by atoms with E-state index in [0.29, 0.717) is 47.1 Å². The van der Waals surface area contributed by atoms with Gasteiger partial charge in [0.25, 0.3) is 11.8 Å². The summed E-state index contributed by atoms with van der Waals surface area (Å²) in [5.41, 5.74) is 41.0. The van der Waals surface area contributed by atoms with Crippen LogP contribution in [0.4, 0.5) is 39.3 Å². The van der Waals surface area contributed by atoms with Gasteiger partial charge in [-0.05, 0) is 79.8 Å². The topological polar surface area (TPSA) is 352 Å². The molecular formula is C57H56F5N17O2. The fourth-order valence-electron chi connectivity index (χ4n) is 7.01. The number of alkyl halides is 3. The Hall–Kier alpha value is -10.1. The third-order valence-corrected chi connectivity index (χ3v) is 11.7. The SMILES string of the molecule is C#CC(N)c1nc(-c2ccc(CN)cc2)cnc1N.CCc1ccc(NC(=O)c2cc(C(F)(F)F)cnc2C)cc1.Cc1ncc(C#N)nc1C(=O)NC(C)c1ccc(F)c(F)c1.N=C(N)c1nc(-c2ccc(CN)cc2)cnc1N. The van der Waals surface area contributed by atoms with Crippen molar-refractivity contribution in [1.29, 1.82) is 10.7 Å². The number of nitriles is 1. The molecule has 4 aromatic carbocycles. The van der Waals surface area contributed by atoms with Crippen LogP contribution in [0, 0.1) is 54.6 Å². The first-order chi connectivity index (χ1) is 38.5. The van der Waals surface area contributed by atoms with Gasteiger partial charge in [-0.1, -0.05) is 79.6 Å². The summed E-state index contributed by atoms with van der Waals surface area (Å²) in [5.74, 6) is -0.473. The fraction of sp³-hybridized carbons (Fsp3) is 0.175. The Morgan fingerprint density at radius 1 is 0.716 bits per heavy atom. The lowest BCUT2D eigenvalue weighted by Gasteiger charge is -2.15. The zero-order valence-corrected chi connectivity index (χ0v) is 44.1. The van der Waals surface area contributed by atoms with E-state index in [2.05, 4.69) is 51.4 Å². The van der Waals surface area contributed by atoms with Gasteiger partial charge >= 0.3 is 6.18 Å². The van der Waals surface area contributed by atoms with Crippen LogP contribution in [0.3, 0.4) is 0 Å². The minimum atomic E-state index is -4.53. The molecule has 8 rings (SSSR count). The molecule has 0 saturated heterocycles. The molecule has 0 saturated carbocycles. The van der Waals surface area contributed by atoms with Crippen molar-refractivity contribution in [2.75, 3.05) is 16.8 Å². The van der Waals surface area contributed by atoms with E-state index in [1.54, 1.807) is 44.4 Å². The van der Waals surface area contributed by atoms with Crippen LogP contribution in [0.1, 0.15) is 103 Å². The normalized spacial score (nSPS) is 11.3. The number of benzene rings is 4. The number of nitrogens with two attached hydrogens (primary N) is 6. The molecule has 4 aromatic heterocycles. The molecule has 0 spiro atoms. The number of amidine groups is 1. The van der Waals surface area contributed by atoms with Gasteiger partial charge in [0.05, 0.1) is 58.5 Å². The van der Waals surface area contributed by atoms with Crippen LogP contribution in [0.5, 0.6) is 0 Å². The van der Waals surface area contributed by atoms with E-state index in [1.165, 1.54) is 19.2 Å². The maximum atomic E-state index is 13.2. The number of carbonyl (C=O) groups excluding carboxylic acids is 2. The van der Waals surface area contributed by atoms with E-state index in [1.807, 2.05) is 67.6 Å². The van der Waals surface area contributed by atoms with Gasteiger partial charge < -0.3 is 45.0 Å². The van der Waals surface area contributed by atoms with Crippen molar-refractivity contribution in [3.8, 4) is 40.9 Å². The van der Waals surface area contributed by atoms with Crippen LogP contribution in [0.15, 0.2) is 122 Å². The number of hydrogen-bond acceptors (Lipinski definition) is 16. The maximum absolute atomic E-state index is 13.2. The number of hydrogen-bond donors (Lipinski definition) is 9. The van der Waals surface area contributed by atoms with E-state index in [-0.39, 0.29) is 45.8 Å². The highest BCUT2D eigenvalue weighted by atomic mass is 19.4. The van der Waals surface area contributed by atoms with Crippen molar-refractivity contribution in [2.24, 2.45) is 22.9 Å². The Morgan fingerprint density at radius 2 is 1.27 bits per heavy atom. The van der Waals surface area contributed by atoms with Gasteiger partial charge in [0.2, 0.25) is 0 Å². The molecule has 0 radical (unpaired) electrons. The Bertz CT molecular complexity index is 3590. The van der Waals surface area contributed by atoms with Gasteiger partial charge in [-0.3, -0.25) is 25.0 Å². The molecule has 81 heavy (non-hydrogen) atoms. The number of anilines is 3. The summed E-state index contributed by atoms with van der Waals surface area (Å²) in [7, 11) is 0. The van der Waals surface area contributed by atoms with Crippen molar-refractivity contribution in [3.63, 3.8) is 0 Å². The van der Waals surface area contributed by atoms with Crippen LogP contribution in [0.25, 0.3) is 22.5 Å². The summed E-state index contributed by atoms with van der Waals surface area (Å²) in [6.45, 7) is 7.71. The van der Waals surface area contributed by atoms with Crippen molar-refractivity contribution >= 4 is 35.0 Å². The third-order valence-electron chi connectivity index (χ3n) is 11.7. The van der Waals surface area contributed by atoms with Crippen molar-refractivity contribution < 1.29 is 31.5 Å². The lowest BCUT2D eigenvalue weighted by atomic mass is 10.1. The lowest BCUT2D eigenvalue weighted by Crippen LogP contribution is -2.28. The molecule has 416 valence electrons. The highest BCUT2D eigenvalue weighted by Crippen LogP contribution is 2.30. The first-order valence-corrected chi connectivity index (χ1v) is 24.3. The molecule has 2 atom stereocenters. The monoisotopic (exact) mass is 1110 g/mol. The molecule has 24 heteroatoms. The van der Waals surface area contributed by atoms with Gasteiger partial charge in [-0.15, -0.1) is 6.42 Å². The summed E-state index contributed by atoms with van der Waals surface area (Å²) in [6.07, 6.45) is 6.77. The first-order valence-electron chi connectivity index (χ1n) is 24.3. The number of halogens is 5. The lowest BCUT2D eigenvalue weighted by molar-refractivity contribution is -0.137. The predicted molar refractivity (Wildman–Crippen MR) is 298 cm³/mol. The van der Waals surface area contributed by atoms with E-state index >= 15 is 0 Å². The summed E-state index contributed by atoms with van der Waals surface area (Å²) in [4.78, 5) is 52.5. The molecule has 15 N–H and O–H groups in total. The quantitative estimate of drug-likeness (QED) is 0.0242. The molecular weight excluding hydrogens is 1050 g/mol. The summed E-state index contributed by atoms with van der Waals surface area (Å²) < 4.78 is 64.2. The molecule has 0 aliphatic heterocycles. The van der Waals surface area contributed by atoms with E-state index in [4.69, 9.17) is 51.5 Å². The molecule has 8 aromatic rings. The van der Waals surface area contributed by atoms with Gasteiger partial charge in [-0.2, -0.15) is 18.4 Å². The van der Waals surface area contributed by atoms with Crippen LogP contribution in [-0.4, -0.2) is 52.5 Å². The van der Waals surface area contributed by atoms with E-state index in [0.717, 1.165) is 58.6 Å². The second kappa shape index (κ2) is 28.5. The molecule has 2 unspecified atom stereocenters.